The zero-order valence-electron chi connectivity index (χ0n) is 9.64. The van der Waals surface area contributed by atoms with Gasteiger partial charge in [0.05, 0.1) is 17.3 Å². The van der Waals surface area contributed by atoms with E-state index < -0.39 is 0 Å². The van der Waals surface area contributed by atoms with Gasteiger partial charge in [-0.05, 0) is 6.07 Å². The number of amides is 2. The van der Waals surface area contributed by atoms with Gasteiger partial charge in [0.25, 0.3) is 5.91 Å². The molecule has 0 aromatic carbocycles. The molecule has 0 atom stereocenters. The van der Waals surface area contributed by atoms with Crippen molar-refractivity contribution in [2.75, 3.05) is 13.6 Å². The number of rotatable bonds is 4. The van der Waals surface area contributed by atoms with Gasteiger partial charge in [0, 0.05) is 26.2 Å². The van der Waals surface area contributed by atoms with Gasteiger partial charge in [-0.15, -0.1) is 0 Å². The second-order valence-corrected chi connectivity index (χ2v) is 4.04. The van der Waals surface area contributed by atoms with Crippen LogP contribution in [-0.4, -0.2) is 39.1 Å². The molecule has 7 nitrogen and oxygen atoms in total. The van der Waals surface area contributed by atoms with Gasteiger partial charge in [-0.1, -0.05) is 0 Å². The highest BCUT2D eigenvalue weighted by Crippen LogP contribution is 2.10. The molecule has 0 unspecified atom stereocenters. The molecule has 0 radical (unpaired) electrons. The SMILES string of the molecule is CNC(=O)CCNC(=O)c1cnc2nsnc2c1. The Kier molecular flexibility index (Phi) is 3.78. The van der Waals surface area contributed by atoms with E-state index in [1.165, 1.54) is 6.20 Å². The standard InChI is InChI=1S/C10H11N5O2S/c1-11-8(16)2-3-12-10(17)6-4-7-9(13-5-6)15-18-14-7/h4-5H,2-3H2,1H3,(H,11,16)(H,12,17). The van der Waals surface area contributed by atoms with Crippen LogP contribution < -0.4 is 10.6 Å². The number of pyridine rings is 1. The summed E-state index contributed by atoms with van der Waals surface area (Å²) in [4.78, 5) is 26.7. The number of nitrogens with zero attached hydrogens (tertiary/aromatic N) is 3. The fourth-order valence-corrected chi connectivity index (χ4v) is 1.81. The maximum absolute atomic E-state index is 11.8. The fraction of sp³-hybridized carbons (Fsp3) is 0.300. The molecule has 8 heteroatoms. The second kappa shape index (κ2) is 5.50. The smallest absolute Gasteiger partial charge is 0.252 e. The Bertz CT molecular complexity index is 582. The van der Waals surface area contributed by atoms with Crippen LogP contribution in [0.25, 0.3) is 11.2 Å². The van der Waals surface area contributed by atoms with Gasteiger partial charge in [0.15, 0.2) is 5.65 Å². The van der Waals surface area contributed by atoms with Gasteiger partial charge < -0.3 is 10.6 Å². The lowest BCUT2D eigenvalue weighted by atomic mass is 10.2. The number of hydrogen-bond acceptors (Lipinski definition) is 6. The Balaban J connectivity index is 1.97. The predicted molar refractivity (Wildman–Crippen MR) is 66.2 cm³/mol. The van der Waals surface area contributed by atoms with E-state index >= 15 is 0 Å². The normalized spacial score (nSPS) is 10.3. The van der Waals surface area contributed by atoms with Crippen molar-refractivity contribution >= 4 is 34.7 Å². The van der Waals surface area contributed by atoms with Crippen LogP contribution in [0.1, 0.15) is 16.8 Å². The van der Waals surface area contributed by atoms with E-state index in [0.717, 1.165) is 11.7 Å². The van der Waals surface area contributed by atoms with Crippen LogP contribution in [0.5, 0.6) is 0 Å². The quantitative estimate of drug-likeness (QED) is 0.808. The van der Waals surface area contributed by atoms with Gasteiger partial charge in [0.2, 0.25) is 5.91 Å². The highest BCUT2D eigenvalue weighted by molar-refractivity contribution is 7.00. The van der Waals surface area contributed by atoms with Crippen molar-refractivity contribution in [1.29, 1.82) is 0 Å². The van der Waals surface area contributed by atoms with Gasteiger partial charge in [0.1, 0.15) is 5.52 Å². The molecule has 2 amide bonds. The van der Waals surface area contributed by atoms with E-state index in [1.54, 1.807) is 13.1 Å². The largest absolute Gasteiger partial charge is 0.359 e. The number of carbonyl (C=O) groups is 2. The minimum Gasteiger partial charge on any atom is -0.359 e. The first kappa shape index (κ1) is 12.4. The molecule has 2 N–H and O–H groups in total. The molecule has 2 aromatic heterocycles. The molecule has 94 valence electrons. The summed E-state index contributed by atoms with van der Waals surface area (Å²) in [5, 5.41) is 5.12. The summed E-state index contributed by atoms with van der Waals surface area (Å²) in [5.74, 6) is -0.395. The first-order valence-electron chi connectivity index (χ1n) is 5.28. The molecule has 0 aliphatic rings. The average Bonchev–Trinajstić information content (AvgIpc) is 2.85. The molecule has 18 heavy (non-hydrogen) atoms. The highest BCUT2D eigenvalue weighted by atomic mass is 32.1. The van der Waals surface area contributed by atoms with E-state index in [0.29, 0.717) is 16.7 Å². The van der Waals surface area contributed by atoms with Crippen molar-refractivity contribution < 1.29 is 9.59 Å². The van der Waals surface area contributed by atoms with Crippen molar-refractivity contribution in [1.82, 2.24) is 24.4 Å². The van der Waals surface area contributed by atoms with E-state index in [9.17, 15) is 9.59 Å². The minimum absolute atomic E-state index is 0.118. The summed E-state index contributed by atoms with van der Waals surface area (Å²) >= 11 is 1.05. The Morgan fingerprint density at radius 2 is 2.22 bits per heavy atom. The molecule has 0 spiro atoms. The van der Waals surface area contributed by atoms with Crippen molar-refractivity contribution in [3.8, 4) is 0 Å². The van der Waals surface area contributed by atoms with Crippen molar-refractivity contribution in [3.05, 3.63) is 17.8 Å². The molecule has 2 rings (SSSR count). The molecular weight excluding hydrogens is 254 g/mol. The average molecular weight is 265 g/mol. The van der Waals surface area contributed by atoms with E-state index in [1.807, 2.05) is 0 Å². The number of nitrogens with one attached hydrogen (secondary N) is 2. The summed E-state index contributed by atoms with van der Waals surface area (Å²) in [6.45, 7) is 0.284. The van der Waals surface area contributed by atoms with Crippen LogP contribution in [-0.2, 0) is 4.79 Å². The molecule has 0 saturated heterocycles. The third-order valence-electron chi connectivity index (χ3n) is 2.29. The zero-order valence-corrected chi connectivity index (χ0v) is 10.5. The van der Waals surface area contributed by atoms with Crippen molar-refractivity contribution in [3.63, 3.8) is 0 Å². The van der Waals surface area contributed by atoms with Crippen LogP contribution in [0.15, 0.2) is 12.3 Å². The summed E-state index contributed by atoms with van der Waals surface area (Å²) in [7, 11) is 1.55. The molecule has 2 heterocycles. The maximum Gasteiger partial charge on any atom is 0.252 e. The first-order chi connectivity index (χ1) is 8.70. The van der Waals surface area contributed by atoms with E-state index in [-0.39, 0.29) is 24.8 Å². The van der Waals surface area contributed by atoms with Crippen LogP contribution in [0, 0.1) is 0 Å². The molecule has 0 fully saturated rings. The predicted octanol–water partition coefficient (Wildman–Crippen LogP) is -0.0478. The Labute approximate surface area is 107 Å². The summed E-state index contributed by atoms with van der Waals surface area (Å²) in [6.07, 6.45) is 1.69. The van der Waals surface area contributed by atoms with Crippen molar-refractivity contribution in [2.45, 2.75) is 6.42 Å². The number of carbonyl (C=O) groups excluding carboxylic acids is 2. The van der Waals surface area contributed by atoms with Crippen LogP contribution in [0.3, 0.4) is 0 Å². The molecule has 0 bridgehead atoms. The van der Waals surface area contributed by atoms with Gasteiger partial charge in [-0.25, -0.2) is 4.98 Å². The van der Waals surface area contributed by atoms with Crippen LogP contribution in [0.4, 0.5) is 0 Å². The molecule has 2 aromatic rings. The van der Waals surface area contributed by atoms with Gasteiger partial charge in [-0.2, -0.15) is 8.75 Å². The van der Waals surface area contributed by atoms with Gasteiger partial charge in [-0.3, -0.25) is 9.59 Å². The first-order valence-corrected chi connectivity index (χ1v) is 6.01. The zero-order chi connectivity index (χ0) is 13.0. The monoisotopic (exact) mass is 265 g/mol. The Morgan fingerprint density at radius 1 is 1.39 bits per heavy atom. The molecule has 0 saturated carbocycles. The van der Waals surface area contributed by atoms with E-state index in [2.05, 4.69) is 24.4 Å². The fourth-order valence-electron chi connectivity index (χ4n) is 1.33. The summed E-state index contributed by atoms with van der Waals surface area (Å²) in [6, 6.07) is 1.63. The van der Waals surface area contributed by atoms with Gasteiger partial charge >= 0.3 is 0 Å². The Hall–Kier alpha value is -2.09. The minimum atomic E-state index is -0.277. The third kappa shape index (κ3) is 2.77. The lowest BCUT2D eigenvalue weighted by Gasteiger charge is -2.04. The number of hydrogen-bond donors (Lipinski definition) is 2. The van der Waals surface area contributed by atoms with Crippen LogP contribution >= 0.6 is 11.7 Å². The second-order valence-electron chi connectivity index (χ2n) is 3.51. The highest BCUT2D eigenvalue weighted by Gasteiger charge is 2.09. The summed E-state index contributed by atoms with van der Waals surface area (Å²) < 4.78 is 7.96. The maximum atomic E-state index is 11.8. The third-order valence-corrected chi connectivity index (χ3v) is 2.83. The molecule has 0 aliphatic carbocycles. The lowest BCUT2D eigenvalue weighted by molar-refractivity contribution is -0.120. The number of fused-ring (bicyclic) bond motifs is 1. The van der Waals surface area contributed by atoms with Crippen molar-refractivity contribution in [2.24, 2.45) is 0 Å². The molecular formula is C10H11N5O2S. The molecule has 0 aliphatic heterocycles. The lowest BCUT2D eigenvalue weighted by Crippen LogP contribution is -2.29. The Morgan fingerprint density at radius 3 is 3.00 bits per heavy atom. The van der Waals surface area contributed by atoms with E-state index in [4.69, 9.17) is 0 Å². The van der Waals surface area contributed by atoms with Crippen LogP contribution in [0.2, 0.25) is 0 Å². The topological polar surface area (TPSA) is 96.9 Å². The number of aromatic nitrogens is 3. The summed E-state index contributed by atoms with van der Waals surface area (Å²) in [5.41, 5.74) is 1.54.